The molecule has 2 rings (SSSR count). The van der Waals surface area contributed by atoms with Gasteiger partial charge in [0.15, 0.2) is 0 Å². The number of hydrogen-bond donors (Lipinski definition) is 1. The molecule has 2 aromatic rings. The monoisotopic (exact) mass is 251 g/mol. The van der Waals surface area contributed by atoms with Gasteiger partial charge in [0.2, 0.25) is 0 Å². The lowest BCUT2D eigenvalue weighted by Gasteiger charge is -2.04. The Morgan fingerprint density at radius 2 is 1.63 bits per heavy atom. The molecule has 0 aliphatic carbocycles. The van der Waals surface area contributed by atoms with Crippen molar-refractivity contribution < 1.29 is 4.74 Å². The van der Waals surface area contributed by atoms with Gasteiger partial charge in [0, 0.05) is 5.56 Å². The Morgan fingerprint density at radius 1 is 0.947 bits per heavy atom. The molecule has 2 heteroatoms. The molecule has 0 fully saturated rings. The van der Waals surface area contributed by atoms with Gasteiger partial charge in [0.05, 0.1) is 6.54 Å². The van der Waals surface area contributed by atoms with Crippen molar-refractivity contribution in [1.29, 1.82) is 0 Å². The summed E-state index contributed by atoms with van der Waals surface area (Å²) in [4.78, 5) is 0. The number of para-hydroxylation sites is 1. The fourth-order valence-corrected chi connectivity index (χ4v) is 1.56. The van der Waals surface area contributed by atoms with Crippen LogP contribution in [-0.2, 0) is 0 Å². The van der Waals surface area contributed by atoms with Crippen LogP contribution in [0.5, 0.6) is 11.5 Å². The Labute approximate surface area is 114 Å². The second-order valence-electron chi connectivity index (χ2n) is 4.02. The van der Waals surface area contributed by atoms with Gasteiger partial charge in [0.1, 0.15) is 11.5 Å². The number of nitrogens with one attached hydrogen (secondary N) is 1. The topological polar surface area (TPSA) is 21.3 Å². The fourth-order valence-electron chi connectivity index (χ4n) is 1.56. The van der Waals surface area contributed by atoms with Gasteiger partial charge in [-0.15, -0.1) is 0 Å². The van der Waals surface area contributed by atoms with Crippen LogP contribution in [0.2, 0.25) is 0 Å². The zero-order chi connectivity index (χ0) is 13.3. The van der Waals surface area contributed by atoms with E-state index >= 15 is 0 Å². The molecule has 0 bridgehead atoms. The molecule has 0 radical (unpaired) electrons. The van der Waals surface area contributed by atoms with Gasteiger partial charge in [0.25, 0.3) is 0 Å². The highest BCUT2D eigenvalue weighted by Crippen LogP contribution is 2.20. The van der Waals surface area contributed by atoms with Crippen LogP contribution in [0, 0.1) is 11.8 Å². The van der Waals surface area contributed by atoms with E-state index in [4.69, 9.17) is 4.74 Å². The van der Waals surface area contributed by atoms with Crippen LogP contribution in [0.4, 0.5) is 0 Å². The van der Waals surface area contributed by atoms with Gasteiger partial charge in [-0.25, -0.2) is 0 Å². The normalized spacial score (nSPS) is 9.53. The lowest BCUT2D eigenvalue weighted by molar-refractivity contribution is 0.482. The number of rotatable bonds is 4. The molecule has 0 aliphatic rings. The maximum atomic E-state index is 5.72. The molecule has 0 aliphatic heterocycles. The van der Waals surface area contributed by atoms with E-state index in [1.807, 2.05) is 54.6 Å². The van der Waals surface area contributed by atoms with Crippen LogP contribution in [0.15, 0.2) is 54.6 Å². The first-order valence-electron chi connectivity index (χ1n) is 6.41. The summed E-state index contributed by atoms with van der Waals surface area (Å²) in [5, 5.41) is 3.16. The average molecular weight is 251 g/mol. The molecular formula is C17H17NO. The van der Waals surface area contributed by atoms with Crippen molar-refractivity contribution >= 4 is 0 Å². The predicted molar refractivity (Wildman–Crippen MR) is 78.4 cm³/mol. The summed E-state index contributed by atoms with van der Waals surface area (Å²) in [6.07, 6.45) is 0. The summed E-state index contributed by atoms with van der Waals surface area (Å²) < 4.78 is 5.72. The summed E-state index contributed by atoms with van der Waals surface area (Å²) in [5.74, 6) is 7.84. The van der Waals surface area contributed by atoms with Gasteiger partial charge in [-0.05, 0) is 42.9 Å². The third kappa shape index (κ3) is 4.50. The van der Waals surface area contributed by atoms with Gasteiger partial charge in [-0.2, -0.15) is 0 Å². The maximum Gasteiger partial charge on any atom is 0.127 e. The van der Waals surface area contributed by atoms with Crippen LogP contribution >= 0.6 is 0 Å². The molecule has 0 saturated carbocycles. The van der Waals surface area contributed by atoms with Crippen LogP contribution in [0.25, 0.3) is 0 Å². The van der Waals surface area contributed by atoms with Gasteiger partial charge in [-0.1, -0.05) is 37.0 Å². The van der Waals surface area contributed by atoms with Crippen LogP contribution in [0.1, 0.15) is 12.5 Å². The highest BCUT2D eigenvalue weighted by atomic mass is 16.5. The third-order valence-electron chi connectivity index (χ3n) is 2.53. The van der Waals surface area contributed by atoms with Gasteiger partial charge in [-0.3, -0.25) is 0 Å². The zero-order valence-corrected chi connectivity index (χ0v) is 11.0. The summed E-state index contributed by atoms with van der Waals surface area (Å²) in [5.41, 5.74) is 0.998. The largest absolute Gasteiger partial charge is 0.457 e. The molecule has 0 atom stereocenters. The van der Waals surface area contributed by atoms with E-state index in [0.717, 1.165) is 30.2 Å². The van der Waals surface area contributed by atoms with Crippen LogP contribution in [0.3, 0.4) is 0 Å². The van der Waals surface area contributed by atoms with E-state index < -0.39 is 0 Å². The first kappa shape index (κ1) is 13.2. The van der Waals surface area contributed by atoms with Crippen molar-refractivity contribution in [1.82, 2.24) is 5.32 Å². The second-order valence-corrected chi connectivity index (χ2v) is 4.02. The Hall–Kier alpha value is -2.24. The number of ether oxygens (including phenoxy) is 1. The summed E-state index contributed by atoms with van der Waals surface area (Å²) in [6, 6.07) is 17.6. The first-order chi connectivity index (χ1) is 9.38. The zero-order valence-electron chi connectivity index (χ0n) is 11.0. The van der Waals surface area contributed by atoms with E-state index in [1.165, 1.54) is 0 Å². The molecule has 0 saturated heterocycles. The first-order valence-corrected chi connectivity index (χ1v) is 6.41. The number of benzene rings is 2. The highest BCUT2D eigenvalue weighted by molar-refractivity contribution is 5.40. The summed E-state index contributed by atoms with van der Waals surface area (Å²) in [7, 11) is 0. The van der Waals surface area contributed by atoms with Crippen molar-refractivity contribution in [3.63, 3.8) is 0 Å². The summed E-state index contributed by atoms with van der Waals surface area (Å²) in [6.45, 7) is 3.73. The van der Waals surface area contributed by atoms with Crippen molar-refractivity contribution in [2.75, 3.05) is 13.1 Å². The third-order valence-corrected chi connectivity index (χ3v) is 2.53. The van der Waals surface area contributed by atoms with E-state index in [-0.39, 0.29) is 0 Å². The van der Waals surface area contributed by atoms with E-state index in [0.29, 0.717) is 0 Å². The van der Waals surface area contributed by atoms with Crippen molar-refractivity contribution in [2.24, 2.45) is 0 Å². The summed E-state index contributed by atoms with van der Waals surface area (Å²) >= 11 is 0. The van der Waals surface area contributed by atoms with Crippen molar-refractivity contribution in [3.05, 3.63) is 60.2 Å². The highest BCUT2D eigenvalue weighted by Gasteiger charge is 1.95. The minimum Gasteiger partial charge on any atom is -0.457 e. The lowest BCUT2D eigenvalue weighted by Crippen LogP contribution is -2.11. The Balaban J connectivity index is 1.96. The predicted octanol–water partition coefficient (Wildman–Crippen LogP) is 3.44. The van der Waals surface area contributed by atoms with E-state index in [1.54, 1.807) is 0 Å². The molecule has 19 heavy (non-hydrogen) atoms. The lowest BCUT2D eigenvalue weighted by atomic mass is 10.2. The Bertz CT molecular complexity index is 549. The van der Waals surface area contributed by atoms with Crippen LogP contribution in [-0.4, -0.2) is 13.1 Å². The minimum absolute atomic E-state index is 0.721. The van der Waals surface area contributed by atoms with Gasteiger partial charge >= 0.3 is 0 Å². The van der Waals surface area contributed by atoms with Crippen molar-refractivity contribution in [2.45, 2.75) is 6.92 Å². The SMILES string of the molecule is CCNCC#Cc1ccc(Oc2ccccc2)cc1. The minimum atomic E-state index is 0.721. The van der Waals surface area contributed by atoms with Crippen molar-refractivity contribution in [3.8, 4) is 23.3 Å². The van der Waals surface area contributed by atoms with Gasteiger partial charge < -0.3 is 10.1 Å². The molecule has 2 aromatic carbocycles. The fraction of sp³-hybridized carbons (Fsp3) is 0.176. The number of hydrogen-bond acceptors (Lipinski definition) is 2. The second kappa shape index (κ2) is 7.25. The van der Waals surface area contributed by atoms with Crippen LogP contribution < -0.4 is 10.1 Å². The average Bonchev–Trinajstić information content (AvgIpc) is 2.46. The molecule has 0 aromatic heterocycles. The quantitative estimate of drug-likeness (QED) is 0.664. The molecule has 0 spiro atoms. The Morgan fingerprint density at radius 3 is 2.32 bits per heavy atom. The molecule has 0 unspecified atom stereocenters. The van der Waals surface area contributed by atoms with E-state index in [9.17, 15) is 0 Å². The smallest absolute Gasteiger partial charge is 0.127 e. The molecular weight excluding hydrogens is 234 g/mol. The molecule has 0 amide bonds. The standard InChI is InChI=1S/C17H17NO/c1-2-18-14-6-7-15-10-12-17(13-11-15)19-16-8-4-3-5-9-16/h3-5,8-13,18H,2,14H2,1H3. The molecule has 1 N–H and O–H groups in total. The van der Waals surface area contributed by atoms with E-state index in [2.05, 4.69) is 24.1 Å². The molecule has 2 nitrogen and oxygen atoms in total. The molecule has 0 heterocycles. The molecule has 96 valence electrons. The maximum absolute atomic E-state index is 5.72. The Kier molecular flexibility index (Phi) is 5.04.